The summed E-state index contributed by atoms with van der Waals surface area (Å²) in [7, 11) is 3.25. The molecule has 1 rings (SSSR count). The van der Waals surface area contributed by atoms with E-state index in [2.05, 4.69) is 9.72 Å². The molecule has 4 heteroatoms. The van der Waals surface area contributed by atoms with Gasteiger partial charge in [-0.1, -0.05) is 0 Å². The molecule has 1 aromatic heterocycles. The van der Waals surface area contributed by atoms with Gasteiger partial charge in [-0.05, 0) is 12.1 Å². The summed E-state index contributed by atoms with van der Waals surface area (Å²) in [5.41, 5.74) is 1.10. The number of aliphatic hydroxyl groups is 1. The summed E-state index contributed by atoms with van der Waals surface area (Å²) in [6.45, 7) is -0.0842. The number of nitrogens with zero attached hydrogens (tertiary/aromatic N) is 1. The quantitative estimate of drug-likeness (QED) is 0.684. The number of rotatable bonds is 2. The zero-order valence-corrected chi connectivity index (χ0v) is 7.73. The van der Waals surface area contributed by atoms with E-state index in [1.807, 2.05) is 0 Å². The maximum atomic E-state index is 10.1. The van der Waals surface area contributed by atoms with Gasteiger partial charge in [-0.3, -0.25) is 9.78 Å². The lowest BCUT2D eigenvalue weighted by Crippen LogP contribution is -1.89. The van der Waals surface area contributed by atoms with Crippen molar-refractivity contribution in [1.29, 1.82) is 0 Å². The van der Waals surface area contributed by atoms with Crippen LogP contribution in [0.4, 0.5) is 0 Å². The Morgan fingerprint density at radius 2 is 2.15 bits per heavy atom. The Hall–Kier alpha value is -1.26. The minimum Gasteiger partial charge on any atom is -0.390 e. The van der Waals surface area contributed by atoms with E-state index in [9.17, 15) is 4.79 Å². The summed E-state index contributed by atoms with van der Waals surface area (Å²) < 4.78 is 4.25. The molecule has 1 heterocycles. The Morgan fingerprint density at radius 3 is 2.46 bits per heavy atom. The van der Waals surface area contributed by atoms with Crippen molar-refractivity contribution in [2.45, 2.75) is 6.61 Å². The molecule has 0 unspecified atom stereocenters. The van der Waals surface area contributed by atoms with Crippen LogP contribution in [0.5, 0.6) is 0 Å². The van der Waals surface area contributed by atoms with Crippen LogP contribution < -0.4 is 0 Å². The van der Waals surface area contributed by atoms with Crippen molar-refractivity contribution < 1.29 is 14.6 Å². The summed E-state index contributed by atoms with van der Waals surface area (Å²) in [6.07, 6.45) is 2.15. The van der Waals surface area contributed by atoms with Crippen molar-refractivity contribution >= 4 is 6.29 Å². The summed E-state index contributed by atoms with van der Waals surface area (Å²) in [4.78, 5) is 13.9. The summed E-state index contributed by atoms with van der Waals surface area (Å²) in [5.74, 6) is 0. The molecule has 0 fully saturated rings. The smallest absolute Gasteiger partial charge is 0.151 e. The van der Waals surface area contributed by atoms with Crippen molar-refractivity contribution in [2.75, 3.05) is 14.2 Å². The van der Waals surface area contributed by atoms with E-state index in [4.69, 9.17) is 5.11 Å². The highest BCUT2D eigenvalue weighted by Crippen LogP contribution is 1.96. The van der Waals surface area contributed by atoms with Crippen LogP contribution in [0.25, 0.3) is 0 Å². The SMILES string of the molecule is COC.O=Cc1ccc(CO)nc1. The van der Waals surface area contributed by atoms with Gasteiger partial charge in [0, 0.05) is 26.0 Å². The summed E-state index contributed by atoms with van der Waals surface area (Å²) in [5, 5.41) is 8.55. The van der Waals surface area contributed by atoms with E-state index in [1.165, 1.54) is 6.20 Å². The standard InChI is InChI=1S/C7H7NO2.C2H6O/c9-4-6-1-2-7(5-10)8-3-6;1-3-2/h1-4,10H,5H2;1-2H3. The van der Waals surface area contributed by atoms with Gasteiger partial charge in [-0.25, -0.2) is 0 Å². The lowest BCUT2D eigenvalue weighted by molar-refractivity contribution is 0.112. The highest BCUT2D eigenvalue weighted by atomic mass is 16.4. The van der Waals surface area contributed by atoms with Gasteiger partial charge in [0.05, 0.1) is 12.3 Å². The predicted octanol–water partition coefficient (Wildman–Crippen LogP) is 0.649. The summed E-state index contributed by atoms with van der Waals surface area (Å²) in [6, 6.07) is 3.23. The first kappa shape index (κ1) is 11.7. The molecular weight excluding hydrogens is 170 g/mol. The lowest BCUT2D eigenvalue weighted by atomic mass is 10.3. The van der Waals surface area contributed by atoms with E-state index < -0.39 is 0 Å². The normalized spacial score (nSPS) is 8.54. The third-order valence-electron chi connectivity index (χ3n) is 1.15. The molecule has 0 atom stereocenters. The number of ether oxygens (including phenoxy) is 1. The van der Waals surface area contributed by atoms with Crippen LogP contribution in [0.1, 0.15) is 16.1 Å². The number of aldehydes is 1. The van der Waals surface area contributed by atoms with E-state index in [0.29, 0.717) is 17.5 Å². The number of methoxy groups -OCH3 is 1. The predicted molar refractivity (Wildman–Crippen MR) is 48.5 cm³/mol. The van der Waals surface area contributed by atoms with E-state index in [-0.39, 0.29) is 6.61 Å². The van der Waals surface area contributed by atoms with Crippen LogP contribution in [0.3, 0.4) is 0 Å². The second-order valence-corrected chi connectivity index (χ2v) is 2.27. The molecule has 1 aromatic rings. The Balaban J connectivity index is 0.000000424. The van der Waals surface area contributed by atoms with Gasteiger partial charge in [0.2, 0.25) is 0 Å². The lowest BCUT2D eigenvalue weighted by Gasteiger charge is -1.92. The minimum absolute atomic E-state index is 0.0842. The Bertz CT molecular complexity index is 233. The molecule has 0 saturated heterocycles. The average Bonchev–Trinajstić information content (AvgIpc) is 2.19. The maximum absolute atomic E-state index is 10.1. The van der Waals surface area contributed by atoms with E-state index >= 15 is 0 Å². The number of aromatic nitrogens is 1. The fourth-order valence-electron chi connectivity index (χ4n) is 0.599. The molecule has 0 aliphatic heterocycles. The number of carbonyl (C=O) groups is 1. The molecule has 13 heavy (non-hydrogen) atoms. The molecule has 0 spiro atoms. The van der Waals surface area contributed by atoms with Crippen LogP contribution in [0, 0.1) is 0 Å². The average molecular weight is 183 g/mol. The molecule has 0 aliphatic carbocycles. The van der Waals surface area contributed by atoms with Gasteiger partial charge in [-0.2, -0.15) is 0 Å². The van der Waals surface area contributed by atoms with E-state index in [1.54, 1.807) is 26.4 Å². The zero-order chi connectivity index (χ0) is 10.1. The molecule has 4 nitrogen and oxygen atoms in total. The monoisotopic (exact) mass is 183 g/mol. The van der Waals surface area contributed by atoms with Crippen LogP contribution in [-0.4, -0.2) is 30.6 Å². The molecule has 0 radical (unpaired) electrons. The molecule has 1 N–H and O–H groups in total. The Kier molecular flexibility index (Phi) is 6.68. The fraction of sp³-hybridized carbons (Fsp3) is 0.333. The van der Waals surface area contributed by atoms with Gasteiger partial charge in [-0.15, -0.1) is 0 Å². The van der Waals surface area contributed by atoms with Crippen LogP contribution in [-0.2, 0) is 11.3 Å². The van der Waals surface area contributed by atoms with Crippen LogP contribution in [0.15, 0.2) is 18.3 Å². The number of pyridine rings is 1. The van der Waals surface area contributed by atoms with Gasteiger partial charge in [0.1, 0.15) is 0 Å². The van der Waals surface area contributed by atoms with E-state index in [0.717, 1.165) is 0 Å². The summed E-state index contributed by atoms with van der Waals surface area (Å²) >= 11 is 0. The van der Waals surface area contributed by atoms with Gasteiger partial charge < -0.3 is 9.84 Å². The van der Waals surface area contributed by atoms with Gasteiger partial charge >= 0.3 is 0 Å². The van der Waals surface area contributed by atoms with Crippen LogP contribution in [0.2, 0.25) is 0 Å². The van der Waals surface area contributed by atoms with Crippen molar-refractivity contribution in [3.8, 4) is 0 Å². The Morgan fingerprint density at radius 1 is 1.54 bits per heavy atom. The minimum atomic E-state index is -0.0842. The fourth-order valence-corrected chi connectivity index (χ4v) is 0.599. The van der Waals surface area contributed by atoms with Crippen molar-refractivity contribution in [3.05, 3.63) is 29.6 Å². The molecule has 0 aliphatic rings. The molecule has 0 amide bonds. The highest BCUT2D eigenvalue weighted by molar-refractivity contribution is 5.73. The van der Waals surface area contributed by atoms with Crippen LogP contribution >= 0.6 is 0 Å². The molecule has 72 valence electrons. The van der Waals surface area contributed by atoms with Crippen molar-refractivity contribution in [3.63, 3.8) is 0 Å². The number of aliphatic hydroxyl groups excluding tert-OH is 1. The largest absolute Gasteiger partial charge is 0.390 e. The maximum Gasteiger partial charge on any atom is 0.151 e. The second-order valence-electron chi connectivity index (χ2n) is 2.27. The second kappa shape index (κ2) is 7.39. The zero-order valence-electron chi connectivity index (χ0n) is 7.73. The molecule has 0 saturated carbocycles. The first-order valence-electron chi connectivity index (χ1n) is 3.69. The molecule has 0 aromatic carbocycles. The van der Waals surface area contributed by atoms with Gasteiger partial charge in [0.15, 0.2) is 6.29 Å². The topological polar surface area (TPSA) is 59.4 Å². The third-order valence-corrected chi connectivity index (χ3v) is 1.15. The molecular formula is C9H13NO3. The number of hydrogen-bond acceptors (Lipinski definition) is 4. The van der Waals surface area contributed by atoms with Crippen molar-refractivity contribution in [1.82, 2.24) is 4.98 Å². The molecule has 0 bridgehead atoms. The third kappa shape index (κ3) is 5.05. The van der Waals surface area contributed by atoms with Gasteiger partial charge in [0.25, 0.3) is 0 Å². The first-order chi connectivity index (χ1) is 6.28. The Labute approximate surface area is 77.2 Å². The highest BCUT2D eigenvalue weighted by Gasteiger charge is 1.90. The number of carbonyl (C=O) groups excluding carboxylic acids is 1. The van der Waals surface area contributed by atoms with Crippen molar-refractivity contribution in [2.24, 2.45) is 0 Å². The first-order valence-corrected chi connectivity index (χ1v) is 3.69. The number of hydrogen-bond donors (Lipinski definition) is 1.